The van der Waals surface area contributed by atoms with Gasteiger partial charge in [0, 0.05) is 46.0 Å². The highest BCUT2D eigenvalue weighted by molar-refractivity contribution is 5.73. The second-order valence-corrected chi connectivity index (χ2v) is 6.65. The molecule has 2 aromatic heterocycles. The lowest BCUT2D eigenvalue weighted by atomic mass is 10.1. The Kier molecular flexibility index (Phi) is 4.48. The van der Waals surface area contributed by atoms with Gasteiger partial charge in [-0.05, 0) is 29.8 Å². The molecule has 0 radical (unpaired) electrons. The normalized spacial score (nSPS) is 16.9. The van der Waals surface area contributed by atoms with E-state index in [9.17, 15) is 9.90 Å². The number of piperazine rings is 1. The summed E-state index contributed by atoms with van der Waals surface area (Å²) in [7, 11) is 1.67. The zero-order chi connectivity index (χ0) is 18.1. The van der Waals surface area contributed by atoms with Crippen LogP contribution in [0.5, 0.6) is 0 Å². The first kappa shape index (κ1) is 16.8. The number of aliphatic hydroxyl groups is 1. The fourth-order valence-electron chi connectivity index (χ4n) is 3.41. The smallest absolute Gasteiger partial charge is 0.408 e. The summed E-state index contributed by atoms with van der Waals surface area (Å²) in [4.78, 5) is 20.5. The highest BCUT2D eigenvalue weighted by Crippen LogP contribution is 2.21. The highest BCUT2D eigenvalue weighted by atomic mass is 16.4. The first-order valence-corrected chi connectivity index (χ1v) is 8.78. The Bertz CT molecular complexity index is 942. The zero-order valence-electron chi connectivity index (χ0n) is 14.7. The van der Waals surface area contributed by atoms with Crippen LogP contribution in [0.25, 0.3) is 11.1 Å². The van der Waals surface area contributed by atoms with Gasteiger partial charge in [0.05, 0.1) is 11.6 Å². The third kappa shape index (κ3) is 3.23. The van der Waals surface area contributed by atoms with Gasteiger partial charge in [0.25, 0.3) is 0 Å². The summed E-state index contributed by atoms with van der Waals surface area (Å²) >= 11 is 0. The van der Waals surface area contributed by atoms with Gasteiger partial charge >= 0.3 is 5.76 Å². The lowest BCUT2D eigenvalue weighted by molar-refractivity contribution is 0.109. The number of aliphatic hydroxyl groups excluding tert-OH is 1. The van der Waals surface area contributed by atoms with Gasteiger partial charge in [-0.3, -0.25) is 9.47 Å². The van der Waals surface area contributed by atoms with E-state index in [4.69, 9.17) is 4.42 Å². The van der Waals surface area contributed by atoms with Crippen LogP contribution in [0, 0.1) is 0 Å². The first-order chi connectivity index (χ1) is 12.6. The fraction of sp³-hybridized carbons (Fsp3) is 0.368. The Hall–Kier alpha value is -2.64. The SMILES string of the molecule is Cn1c(=O)oc2cc(C(O)CN3CCN(c4ccccn4)CC3)ccc21. The molecule has 26 heavy (non-hydrogen) atoms. The monoisotopic (exact) mass is 354 g/mol. The molecule has 3 aromatic rings. The topological polar surface area (TPSA) is 74.7 Å². The quantitative estimate of drug-likeness (QED) is 0.763. The molecule has 3 heterocycles. The summed E-state index contributed by atoms with van der Waals surface area (Å²) in [6.07, 6.45) is 1.19. The largest absolute Gasteiger partial charge is 0.419 e. The summed E-state index contributed by atoms with van der Waals surface area (Å²) in [5.41, 5.74) is 2.00. The number of benzene rings is 1. The maximum atomic E-state index is 11.6. The number of oxazole rings is 1. The first-order valence-electron chi connectivity index (χ1n) is 8.78. The van der Waals surface area contributed by atoms with Crippen molar-refractivity contribution in [3.8, 4) is 0 Å². The van der Waals surface area contributed by atoms with Gasteiger partial charge in [0.2, 0.25) is 0 Å². The number of anilines is 1. The van der Waals surface area contributed by atoms with Gasteiger partial charge < -0.3 is 14.4 Å². The molecule has 1 saturated heterocycles. The van der Waals surface area contributed by atoms with Crippen LogP contribution < -0.4 is 10.7 Å². The van der Waals surface area contributed by atoms with Crippen LogP contribution >= 0.6 is 0 Å². The standard InChI is InChI=1S/C19H22N4O3/c1-21-15-6-5-14(12-17(15)26-19(21)25)16(24)13-22-8-10-23(11-9-22)18-4-2-3-7-20-18/h2-7,12,16,24H,8-11,13H2,1H3. The van der Waals surface area contributed by atoms with Crippen molar-refractivity contribution in [1.82, 2.24) is 14.5 Å². The highest BCUT2D eigenvalue weighted by Gasteiger charge is 2.21. The second-order valence-electron chi connectivity index (χ2n) is 6.65. The molecule has 1 aliphatic rings. The number of pyridine rings is 1. The second kappa shape index (κ2) is 6.93. The fourth-order valence-corrected chi connectivity index (χ4v) is 3.41. The number of aryl methyl sites for hydroxylation is 1. The molecule has 0 saturated carbocycles. The molecule has 0 spiro atoms. The summed E-state index contributed by atoms with van der Waals surface area (Å²) < 4.78 is 6.67. The third-order valence-electron chi connectivity index (χ3n) is 4.98. The Morgan fingerprint density at radius 2 is 2.00 bits per heavy atom. The maximum Gasteiger partial charge on any atom is 0.419 e. The van der Waals surface area contributed by atoms with Gasteiger partial charge in [-0.1, -0.05) is 12.1 Å². The predicted molar refractivity (Wildman–Crippen MR) is 99.3 cm³/mol. The minimum Gasteiger partial charge on any atom is -0.408 e. The lowest BCUT2D eigenvalue weighted by Crippen LogP contribution is -2.47. The van der Waals surface area contributed by atoms with Crippen molar-refractivity contribution in [2.45, 2.75) is 6.10 Å². The number of nitrogens with zero attached hydrogens (tertiary/aromatic N) is 4. The van der Waals surface area contributed by atoms with E-state index in [0.29, 0.717) is 12.1 Å². The average molecular weight is 354 g/mol. The van der Waals surface area contributed by atoms with E-state index in [1.54, 1.807) is 13.1 Å². The Morgan fingerprint density at radius 1 is 1.19 bits per heavy atom. The number of β-amino-alcohol motifs (C(OH)–C–C–N with tert-alkyl or cyclic N) is 1. The Balaban J connectivity index is 1.39. The minimum absolute atomic E-state index is 0.391. The van der Waals surface area contributed by atoms with Crippen molar-refractivity contribution in [3.05, 3.63) is 58.7 Å². The Labute approximate surface area is 151 Å². The van der Waals surface area contributed by atoms with Gasteiger partial charge in [-0.2, -0.15) is 0 Å². The molecule has 4 rings (SSSR count). The van der Waals surface area contributed by atoms with E-state index in [-0.39, 0.29) is 0 Å². The Morgan fingerprint density at radius 3 is 2.73 bits per heavy atom. The van der Waals surface area contributed by atoms with Crippen LogP contribution in [0.4, 0.5) is 5.82 Å². The number of hydrogen-bond acceptors (Lipinski definition) is 6. The zero-order valence-corrected chi connectivity index (χ0v) is 14.7. The molecular formula is C19H22N4O3. The molecule has 7 nitrogen and oxygen atoms in total. The van der Waals surface area contributed by atoms with Gasteiger partial charge in [-0.15, -0.1) is 0 Å². The van der Waals surface area contributed by atoms with Crippen molar-refractivity contribution in [2.24, 2.45) is 7.05 Å². The minimum atomic E-state index is -0.619. The summed E-state index contributed by atoms with van der Waals surface area (Å²) in [5.74, 6) is 0.606. The van der Waals surface area contributed by atoms with Crippen LogP contribution in [0.1, 0.15) is 11.7 Å². The van der Waals surface area contributed by atoms with Crippen LogP contribution in [0.2, 0.25) is 0 Å². The van der Waals surface area contributed by atoms with E-state index in [0.717, 1.165) is 43.1 Å². The molecular weight excluding hydrogens is 332 g/mol. The van der Waals surface area contributed by atoms with E-state index < -0.39 is 11.9 Å². The van der Waals surface area contributed by atoms with Crippen molar-refractivity contribution in [2.75, 3.05) is 37.6 Å². The van der Waals surface area contributed by atoms with Crippen molar-refractivity contribution < 1.29 is 9.52 Å². The van der Waals surface area contributed by atoms with Crippen molar-refractivity contribution in [3.63, 3.8) is 0 Å². The van der Waals surface area contributed by atoms with Gasteiger partial charge in [-0.25, -0.2) is 9.78 Å². The number of rotatable bonds is 4. The van der Waals surface area contributed by atoms with Gasteiger partial charge in [0.1, 0.15) is 5.82 Å². The van der Waals surface area contributed by atoms with Gasteiger partial charge in [0.15, 0.2) is 5.58 Å². The molecule has 0 amide bonds. The van der Waals surface area contributed by atoms with E-state index in [2.05, 4.69) is 14.8 Å². The summed E-state index contributed by atoms with van der Waals surface area (Å²) in [5, 5.41) is 10.6. The van der Waals surface area contributed by atoms with E-state index >= 15 is 0 Å². The van der Waals surface area contributed by atoms with E-state index in [1.807, 2.05) is 36.5 Å². The molecule has 1 atom stereocenters. The molecule has 136 valence electrons. The molecule has 7 heteroatoms. The van der Waals surface area contributed by atoms with E-state index in [1.165, 1.54) is 4.57 Å². The molecule has 1 aliphatic heterocycles. The predicted octanol–water partition coefficient (Wildman–Crippen LogP) is 1.38. The van der Waals surface area contributed by atoms with Crippen LogP contribution in [0.3, 0.4) is 0 Å². The molecule has 0 bridgehead atoms. The molecule has 1 fully saturated rings. The summed E-state index contributed by atoms with van der Waals surface area (Å²) in [6, 6.07) is 11.4. The number of fused-ring (bicyclic) bond motifs is 1. The van der Waals surface area contributed by atoms with Crippen molar-refractivity contribution >= 4 is 16.9 Å². The molecule has 1 unspecified atom stereocenters. The van der Waals surface area contributed by atoms with Crippen LogP contribution in [-0.4, -0.2) is 52.3 Å². The summed E-state index contributed by atoms with van der Waals surface area (Å²) in [6.45, 7) is 4.07. The van der Waals surface area contributed by atoms with Crippen molar-refractivity contribution in [1.29, 1.82) is 0 Å². The number of hydrogen-bond donors (Lipinski definition) is 1. The maximum absolute atomic E-state index is 11.6. The van der Waals surface area contributed by atoms with Crippen LogP contribution in [0.15, 0.2) is 51.8 Å². The average Bonchev–Trinajstić information content (AvgIpc) is 2.96. The molecule has 0 aliphatic carbocycles. The third-order valence-corrected chi connectivity index (χ3v) is 4.98. The molecule has 1 aromatic carbocycles. The molecule has 1 N–H and O–H groups in total. The van der Waals surface area contributed by atoms with Crippen LogP contribution in [-0.2, 0) is 7.05 Å². The lowest BCUT2D eigenvalue weighted by Gasteiger charge is -2.36. The number of aromatic nitrogens is 2.